The molecule has 1 fully saturated rings. The van der Waals surface area contributed by atoms with E-state index < -0.39 is 11.9 Å². The van der Waals surface area contributed by atoms with E-state index in [-0.39, 0.29) is 11.6 Å². The summed E-state index contributed by atoms with van der Waals surface area (Å²) in [6.45, 7) is 5.57. The third kappa shape index (κ3) is 4.38. The van der Waals surface area contributed by atoms with Gasteiger partial charge in [0, 0.05) is 25.2 Å². The van der Waals surface area contributed by atoms with Gasteiger partial charge in [0.2, 0.25) is 0 Å². The van der Waals surface area contributed by atoms with Crippen molar-refractivity contribution < 1.29 is 14.7 Å². The lowest BCUT2D eigenvalue weighted by molar-refractivity contribution is -0.143. The van der Waals surface area contributed by atoms with Crippen LogP contribution >= 0.6 is 0 Å². The summed E-state index contributed by atoms with van der Waals surface area (Å²) >= 11 is 0. The standard InChI is InChI=1S/C13H25N3O3/c1-13(2,15(3)4)9-14-12(19)16-7-5-6-10(8-16)11(17)18/h10H,5-9H2,1-4H3,(H,14,19)(H,17,18)/t10-/m1/s1. The normalized spacial score (nSPS) is 20.5. The minimum atomic E-state index is -0.814. The van der Waals surface area contributed by atoms with Gasteiger partial charge in [-0.1, -0.05) is 0 Å². The number of aliphatic carboxylic acids is 1. The molecule has 110 valence electrons. The predicted octanol–water partition coefficient (Wildman–Crippen LogP) is 0.833. The van der Waals surface area contributed by atoms with Crippen molar-refractivity contribution in [3.05, 3.63) is 0 Å². The Kier molecular flexibility index (Phi) is 5.17. The smallest absolute Gasteiger partial charge is 0.317 e. The van der Waals surface area contributed by atoms with E-state index >= 15 is 0 Å². The summed E-state index contributed by atoms with van der Waals surface area (Å²) in [5, 5.41) is 11.9. The molecule has 2 amide bonds. The summed E-state index contributed by atoms with van der Waals surface area (Å²) in [6.07, 6.45) is 1.41. The average molecular weight is 271 g/mol. The van der Waals surface area contributed by atoms with E-state index in [2.05, 4.69) is 5.32 Å². The first-order valence-electron chi connectivity index (χ1n) is 6.67. The van der Waals surface area contributed by atoms with Crippen LogP contribution in [0, 0.1) is 5.92 Å². The van der Waals surface area contributed by atoms with E-state index in [4.69, 9.17) is 5.11 Å². The molecule has 0 aromatic carbocycles. The van der Waals surface area contributed by atoms with E-state index in [1.54, 1.807) is 4.90 Å². The van der Waals surface area contributed by atoms with Crippen LogP contribution in [0.25, 0.3) is 0 Å². The maximum Gasteiger partial charge on any atom is 0.317 e. The number of carbonyl (C=O) groups excluding carboxylic acids is 1. The largest absolute Gasteiger partial charge is 0.481 e. The second kappa shape index (κ2) is 6.23. The van der Waals surface area contributed by atoms with Gasteiger partial charge in [0.25, 0.3) is 0 Å². The van der Waals surface area contributed by atoms with E-state index in [9.17, 15) is 9.59 Å². The summed E-state index contributed by atoms with van der Waals surface area (Å²) < 4.78 is 0. The number of hydrogen-bond acceptors (Lipinski definition) is 3. The second-order valence-corrected chi connectivity index (χ2v) is 5.99. The summed E-state index contributed by atoms with van der Waals surface area (Å²) in [6, 6.07) is -0.166. The number of likely N-dealkylation sites (N-methyl/N-ethyl adjacent to an activating group) is 1. The highest BCUT2D eigenvalue weighted by Crippen LogP contribution is 2.17. The molecular weight excluding hydrogens is 246 g/mol. The second-order valence-electron chi connectivity index (χ2n) is 5.99. The lowest BCUT2D eigenvalue weighted by atomic mass is 9.98. The molecule has 0 unspecified atom stereocenters. The quantitative estimate of drug-likeness (QED) is 0.794. The molecule has 0 aliphatic carbocycles. The Labute approximate surface area is 114 Å². The highest BCUT2D eigenvalue weighted by molar-refractivity contribution is 5.76. The number of carbonyl (C=O) groups is 2. The van der Waals surface area contributed by atoms with Crippen molar-refractivity contribution in [2.24, 2.45) is 5.92 Å². The van der Waals surface area contributed by atoms with Crippen LogP contribution in [0.4, 0.5) is 4.79 Å². The van der Waals surface area contributed by atoms with E-state index in [1.807, 2.05) is 32.8 Å². The number of nitrogens with one attached hydrogen (secondary N) is 1. The van der Waals surface area contributed by atoms with E-state index in [0.29, 0.717) is 26.1 Å². The fourth-order valence-electron chi connectivity index (χ4n) is 1.93. The van der Waals surface area contributed by atoms with Gasteiger partial charge in [-0.05, 0) is 40.8 Å². The highest BCUT2D eigenvalue weighted by Gasteiger charge is 2.29. The van der Waals surface area contributed by atoms with Crippen molar-refractivity contribution in [1.29, 1.82) is 0 Å². The van der Waals surface area contributed by atoms with Gasteiger partial charge in [-0.25, -0.2) is 4.79 Å². The van der Waals surface area contributed by atoms with Gasteiger partial charge in [0.1, 0.15) is 0 Å². The molecule has 0 aromatic rings. The first kappa shape index (κ1) is 15.8. The summed E-state index contributed by atoms with van der Waals surface area (Å²) in [7, 11) is 3.93. The number of hydrogen-bond donors (Lipinski definition) is 2. The molecule has 1 heterocycles. The molecule has 1 rings (SSSR count). The number of carboxylic acids is 1. The van der Waals surface area contributed by atoms with Crippen molar-refractivity contribution in [1.82, 2.24) is 15.1 Å². The Morgan fingerprint density at radius 1 is 1.42 bits per heavy atom. The van der Waals surface area contributed by atoms with Gasteiger partial charge in [-0.2, -0.15) is 0 Å². The van der Waals surface area contributed by atoms with Crippen molar-refractivity contribution in [2.45, 2.75) is 32.2 Å². The van der Waals surface area contributed by atoms with Crippen LogP contribution in [0.2, 0.25) is 0 Å². The number of nitrogens with zero attached hydrogens (tertiary/aromatic N) is 2. The van der Waals surface area contributed by atoms with Gasteiger partial charge in [0.05, 0.1) is 5.92 Å². The lowest BCUT2D eigenvalue weighted by Crippen LogP contribution is -2.53. The molecule has 0 aromatic heterocycles. The Morgan fingerprint density at radius 3 is 2.58 bits per heavy atom. The van der Waals surface area contributed by atoms with E-state index in [1.165, 1.54) is 0 Å². The number of urea groups is 1. The molecule has 0 saturated carbocycles. The number of likely N-dealkylation sites (tertiary alicyclic amines) is 1. The predicted molar refractivity (Wildman–Crippen MR) is 73.1 cm³/mol. The van der Waals surface area contributed by atoms with E-state index in [0.717, 1.165) is 6.42 Å². The first-order chi connectivity index (χ1) is 8.74. The molecule has 0 bridgehead atoms. The topological polar surface area (TPSA) is 72.9 Å². The molecule has 0 radical (unpaired) electrons. The van der Waals surface area contributed by atoms with Gasteiger partial charge < -0.3 is 20.2 Å². The highest BCUT2D eigenvalue weighted by atomic mass is 16.4. The Morgan fingerprint density at radius 2 is 2.05 bits per heavy atom. The first-order valence-corrected chi connectivity index (χ1v) is 6.67. The molecular formula is C13H25N3O3. The maximum atomic E-state index is 12.0. The fraction of sp³-hybridized carbons (Fsp3) is 0.846. The molecule has 1 atom stereocenters. The third-order valence-electron chi connectivity index (χ3n) is 3.94. The van der Waals surface area contributed by atoms with Crippen LogP contribution in [-0.4, -0.2) is 66.2 Å². The fourth-order valence-corrected chi connectivity index (χ4v) is 1.93. The van der Waals surface area contributed by atoms with Crippen LogP contribution in [0.15, 0.2) is 0 Å². The van der Waals surface area contributed by atoms with Gasteiger partial charge >= 0.3 is 12.0 Å². The van der Waals surface area contributed by atoms with Crippen LogP contribution in [0.3, 0.4) is 0 Å². The van der Waals surface area contributed by atoms with Crippen molar-refractivity contribution in [2.75, 3.05) is 33.7 Å². The molecule has 6 heteroatoms. The summed E-state index contributed by atoms with van der Waals surface area (Å²) in [4.78, 5) is 26.7. The zero-order valence-electron chi connectivity index (χ0n) is 12.3. The average Bonchev–Trinajstić information content (AvgIpc) is 2.36. The number of piperidine rings is 1. The minimum Gasteiger partial charge on any atom is -0.481 e. The maximum absolute atomic E-state index is 12.0. The number of rotatable bonds is 4. The Bertz CT molecular complexity index is 342. The summed E-state index contributed by atoms with van der Waals surface area (Å²) in [5.41, 5.74) is -0.127. The van der Waals surface area contributed by atoms with Crippen molar-refractivity contribution in [3.8, 4) is 0 Å². The third-order valence-corrected chi connectivity index (χ3v) is 3.94. The van der Waals surface area contributed by atoms with Gasteiger partial charge in [-0.3, -0.25) is 4.79 Å². The molecule has 0 spiro atoms. The van der Waals surface area contributed by atoms with Gasteiger partial charge in [-0.15, -0.1) is 0 Å². The lowest BCUT2D eigenvalue weighted by Gasteiger charge is -2.35. The number of amides is 2. The zero-order chi connectivity index (χ0) is 14.6. The zero-order valence-corrected chi connectivity index (χ0v) is 12.3. The Balaban J connectivity index is 2.47. The SMILES string of the molecule is CN(C)C(C)(C)CNC(=O)N1CCC[C@@H](C(=O)O)C1. The minimum absolute atomic E-state index is 0.127. The van der Waals surface area contributed by atoms with Gasteiger partial charge in [0.15, 0.2) is 0 Å². The van der Waals surface area contributed by atoms with Crippen LogP contribution in [-0.2, 0) is 4.79 Å². The van der Waals surface area contributed by atoms with Crippen LogP contribution < -0.4 is 5.32 Å². The molecule has 1 aliphatic rings. The van der Waals surface area contributed by atoms with Crippen molar-refractivity contribution in [3.63, 3.8) is 0 Å². The molecule has 1 aliphatic heterocycles. The molecule has 2 N–H and O–H groups in total. The van der Waals surface area contributed by atoms with Crippen LogP contribution in [0.1, 0.15) is 26.7 Å². The van der Waals surface area contributed by atoms with Crippen molar-refractivity contribution >= 4 is 12.0 Å². The summed E-state index contributed by atoms with van der Waals surface area (Å²) in [5.74, 6) is -1.24. The molecule has 6 nitrogen and oxygen atoms in total. The molecule has 1 saturated heterocycles. The number of carboxylic acid groups (broad SMARTS) is 1. The Hall–Kier alpha value is -1.30. The molecule has 19 heavy (non-hydrogen) atoms. The monoisotopic (exact) mass is 271 g/mol. The van der Waals surface area contributed by atoms with Crippen LogP contribution in [0.5, 0.6) is 0 Å².